The summed E-state index contributed by atoms with van der Waals surface area (Å²) < 4.78 is 0. The first-order valence-electron chi connectivity index (χ1n) is 2.52. The van der Waals surface area contributed by atoms with E-state index in [-0.39, 0.29) is 0 Å². The Morgan fingerprint density at radius 1 is 1.10 bits per heavy atom. The highest BCUT2D eigenvalue weighted by Crippen LogP contribution is 1.92. The van der Waals surface area contributed by atoms with E-state index in [1.54, 1.807) is 0 Å². The van der Waals surface area contributed by atoms with Crippen LogP contribution in [-0.4, -0.2) is 21.1 Å². The molecule has 1 heterocycles. The van der Waals surface area contributed by atoms with Gasteiger partial charge in [0.05, 0.1) is 0 Å². The minimum Gasteiger partial charge on any atom is -0.325 e. The van der Waals surface area contributed by atoms with Gasteiger partial charge in [-0.1, -0.05) is 24.4 Å². The minimum absolute atomic E-state index is 0.392. The summed E-state index contributed by atoms with van der Waals surface area (Å²) in [5, 5.41) is 5.82. The lowest BCUT2D eigenvalue weighted by Gasteiger charge is -2.23. The molecule has 0 atom stereocenters. The molecule has 0 amide bonds. The molecular formula is C4H5N3S3. The van der Waals surface area contributed by atoms with Gasteiger partial charge in [-0.3, -0.25) is 0 Å². The second kappa shape index (κ2) is 2.83. The van der Waals surface area contributed by atoms with Crippen LogP contribution < -0.4 is 16.4 Å². The van der Waals surface area contributed by atoms with Gasteiger partial charge in [-0.05, 0) is 12.2 Å². The van der Waals surface area contributed by atoms with Crippen molar-refractivity contribution in [3.8, 4) is 0 Å². The highest BCUT2D eigenvalue weighted by Gasteiger charge is 2.21. The van der Waals surface area contributed by atoms with Crippen molar-refractivity contribution in [1.29, 1.82) is 0 Å². The van der Waals surface area contributed by atoms with Crippen LogP contribution in [0.4, 0.5) is 0 Å². The maximum atomic E-state index is 5.52. The number of thiocarbonyl (C=S) groups is 3. The van der Waals surface area contributed by atoms with E-state index in [0.717, 1.165) is 0 Å². The fourth-order valence-electron chi connectivity index (χ4n) is 0.530. The Morgan fingerprint density at radius 2 is 1.50 bits per heavy atom. The topological polar surface area (TPSA) is 50.1 Å². The molecule has 1 fully saturated rings. The quantitative estimate of drug-likeness (QED) is 0.447. The first-order valence-corrected chi connectivity index (χ1v) is 3.75. The number of hydrogen-bond donors (Lipinski definition) is 3. The molecule has 1 aliphatic heterocycles. The van der Waals surface area contributed by atoms with E-state index in [1.807, 2.05) is 0 Å². The monoisotopic (exact) mass is 191 g/mol. The zero-order valence-corrected chi connectivity index (χ0v) is 7.33. The van der Waals surface area contributed by atoms with Crippen LogP contribution in [0.3, 0.4) is 0 Å². The van der Waals surface area contributed by atoms with Crippen LogP contribution in [0.1, 0.15) is 0 Å². The average Bonchev–Trinajstić information content (AvgIpc) is 1.82. The molecule has 54 valence electrons. The van der Waals surface area contributed by atoms with Crippen LogP contribution in [-0.2, 0) is 0 Å². The zero-order chi connectivity index (χ0) is 7.72. The highest BCUT2D eigenvalue weighted by molar-refractivity contribution is 7.84. The summed E-state index contributed by atoms with van der Waals surface area (Å²) in [5.74, 6) is 0. The maximum Gasteiger partial charge on any atom is 0.176 e. The second-order valence-corrected chi connectivity index (χ2v) is 3.07. The van der Waals surface area contributed by atoms with Crippen molar-refractivity contribution in [3.05, 3.63) is 0 Å². The van der Waals surface area contributed by atoms with E-state index >= 15 is 0 Å². The maximum absolute atomic E-state index is 5.52. The Labute approximate surface area is 74.3 Å². The summed E-state index contributed by atoms with van der Waals surface area (Å²) in [7, 11) is 0. The minimum atomic E-state index is -0.392. The molecule has 1 saturated heterocycles. The summed E-state index contributed by atoms with van der Waals surface area (Å²) in [6.07, 6.45) is 0. The van der Waals surface area contributed by atoms with Crippen LogP contribution in [0.2, 0.25) is 0 Å². The van der Waals surface area contributed by atoms with Crippen LogP contribution in [0, 0.1) is 0 Å². The first-order chi connectivity index (χ1) is 4.61. The van der Waals surface area contributed by atoms with Crippen molar-refractivity contribution in [2.24, 2.45) is 5.73 Å². The van der Waals surface area contributed by atoms with Gasteiger partial charge in [0, 0.05) is 0 Å². The Hall–Kier alpha value is -0.170. The molecule has 0 spiro atoms. The Morgan fingerprint density at radius 3 is 1.90 bits per heavy atom. The molecule has 1 rings (SSSR count). The lowest BCUT2D eigenvalue weighted by molar-refractivity contribution is 1.04. The molecule has 0 saturated carbocycles. The van der Waals surface area contributed by atoms with E-state index in [0.29, 0.717) is 15.1 Å². The number of hydrogen-bond acceptors (Lipinski definition) is 4. The van der Waals surface area contributed by atoms with Crippen molar-refractivity contribution in [1.82, 2.24) is 10.6 Å². The van der Waals surface area contributed by atoms with E-state index in [9.17, 15) is 0 Å². The van der Waals surface area contributed by atoms with Gasteiger partial charge in [-0.25, -0.2) is 0 Å². The fourth-order valence-corrected chi connectivity index (χ4v) is 1.39. The first kappa shape index (κ1) is 7.93. The zero-order valence-electron chi connectivity index (χ0n) is 4.88. The van der Waals surface area contributed by atoms with Crippen molar-refractivity contribution in [2.45, 2.75) is 6.04 Å². The lowest BCUT2D eigenvalue weighted by atomic mass is 10.3. The predicted molar refractivity (Wildman–Crippen MR) is 52.0 cm³/mol. The van der Waals surface area contributed by atoms with Gasteiger partial charge in [0.25, 0.3) is 0 Å². The van der Waals surface area contributed by atoms with E-state index in [1.165, 1.54) is 0 Å². The number of rotatable bonds is 0. The molecule has 3 nitrogen and oxygen atoms in total. The van der Waals surface area contributed by atoms with Crippen molar-refractivity contribution in [2.75, 3.05) is 0 Å². The normalized spacial score (nSPS) is 20.3. The third kappa shape index (κ3) is 1.46. The van der Waals surface area contributed by atoms with Crippen LogP contribution >= 0.6 is 36.7 Å². The molecule has 10 heavy (non-hydrogen) atoms. The fraction of sp³-hybridized carbons (Fsp3) is 0.250. The average molecular weight is 191 g/mol. The van der Waals surface area contributed by atoms with E-state index in [2.05, 4.69) is 10.6 Å². The van der Waals surface area contributed by atoms with E-state index in [4.69, 9.17) is 42.4 Å². The molecule has 0 aromatic rings. The van der Waals surface area contributed by atoms with Gasteiger partial charge < -0.3 is 16.4 Å². The molecule has 0 aromatic carbocycles. The molecule has 0 radical (unpaired) electrons. The van der Waals surface area contributed by atoms with Gasteiger partial charge in [-0.15, -0.1) is 0 Å². The van der Waals surface area contributed by atoms with Crippen LogP contribution in [0.15, 0.2) is 0 Å². The largest absolute Gasteiger partial charge is 0.325 e. The van der Waals surface area contributed by atoms with Crippen LogP contribution in [0.25, 0.3) is 0 Å². The molecular weight excluding hydrogens is 186 g/mol. The smallest absolute Gasteiger partial charge is 0.176 e. The van der Waals surface area contributed by atoms with Gasteiger partial charge in [-0.2, -0.15) is 0 Å². The summed E-state index contributed by atoms with van der Waals surface area (Å²) in [6, 6.07) is -0.392. The summed E-state index contributed by atoms with van der Waals surface area (Å²) in [4.78, 5) is 0.961. The van der Waals surface area contributed by atoms with Gasteiger partial charge in [0.15, 0.2) is 5.11 Å². The summed E-state index contributed by atoms with van der Waals surface area (Å²) in [5.41, 5.74) is 5.52. The van der Waals surface area contributed by atoms with Gasteiger partial charge in [0.1, 0.15) is 16.0 Å². The molecule has 4 N–H and O–H groups in total. The Balaban J connectivity index is 2.76. The predicted octanol–water partition coefficient (Wildman–Crippen LogP) is -0.554. The van der Waals surface area contributed by atoms with E-state index < -0.39 is 6.04 Å². The summed E-state index contributed by atoms with van der Waals surface area (Å²) >= 11 is 14.4. The molecule has 0 aromatic heterocycles. The third-order valence-corrected chi connectivity index (χ3v) is 1.95. The summed E-state index contributed by atoms with van der Waals surface area (Å²) in [6.45, 7) is 0. The van der Waals surface area contributed by atoms with Crippen molar-refractivity contribution < 1.29 is 0 Å². The lowest BCUT2D eigenvalue weighted by Crippen LogP contribution is -2.60. The molecule has 0 unspecified atom stereocenters. The Kier molecular flexibility index (Phi) is 2.24. The second-order valence-electron chi connectivity index (χ2n) is 1.79. The van der Waals surface area contributed by atoms with Gasteiger partial charge >= 0.3 is 0 Å². The Bertz CT molecular complexity index is 192. The van der Waals surface area contributed by atoms with Crippen molar-refractivity contribution in [3.63, 3.8) is 0 Å². The standard InChI is InChI=1S/C4H5N3S3/c5-1-2(8)6-4(10)7-3(1)9/h1H,5H2,(H2,6,7,8,9,10). The highest BCUT2D eigenvalue weighted by atomic mass is 32.1. The van der Waals surface area contributed by atoms with Gasteiger partial charge in [0.2, 0.25) is 0 Å². The molecule has 0 aliphatic carbocycles. The van der Waals surface area contributed by atoms with Crippen molar-refractivity contribution >= 4 is 51.7 Å². The molecule has 6 heteroatoms. The molecule has 0 bridgehead atoms. The third-order valence-electron chi connectivity index (χ3n) is 1.04. The SMILES string of the molecule is NC1C(=S)NC(=S)NC1=S. The number of nitrogens with two attached hydrogens (primary N) is 1. The number of nitrogens with one attached hydrogen (secondary N) is 2. The molecule has 1 aliphatic rings. The van der Waals surface area contributed by atoms with Crippen LogP contribution in [0.5, 0.6) is 0 Å².